The molecule has 0 unspecified atom stereocenters. The SMILES string of the molecule is Nc1cc(S(=O)(=O)Nc2cccnn2)ccn1. The number of nitrogens with zero attached hydrogens (tertiary/aromatic N) is 3. The Morgan fingerprint density at radius 1 is 1.24 bits per heavy atom. The standard InChI is InChI=1S/C9H9N5O2S/c10-8-6-7(3-5-11-8)17(15,16)14-9-2-1-4-12-13-9/h1-6H,(H2,10,11)(H,13,14). The lowest BCUT2D eigenvalue weighted by Gasteiger charge is -2.06. The summed E-state index contributed by atoms with van der Waals surface area (Å²) < 4.78 is 26.1. The van der Waals surface area contributed by atoms with Gasteiger partial charge in [-0.25, -0.2) is 13.4 Å². The molecule has 0 spiro atoms. The first kappa shape index (κ1) is 11.3. The van der Waals surface area contributed by atoms with E-state index in [1.54, 1.807) is 6.07 Å². The van der Waals surface area contributed by atoms with Crippen molar-refractivity contribution in [2.24, 2.45) is 0 Å². The van der Waals surface area contributed by atoms with E-state index in [0.717, 1.165) is 0 Å². The molecule has 0 aromatic carbocycles. The van der Waals surface area contributed by atoms with E-state index in [2.05, 4.69) is 19.9 Å². The second-order valence-corrected chi connectivity index (χ2v) is 4.81. The number of nitrogens with one attached hydrogen (secondary N) is 1. The van der Waals surface area contributed by atoms with Gasteiger partial charge in [0.25, 0.3) is 10.0 Å². The summed E-state index contributed by atoms with van der Waals surface area (Å²) in [6.45, 7) is 0. The average molecular weight is 251 g/mol. The molecule has 2 aromatic rings. The summed E-state index contributed by atoms with van der Waals surface area (Å²) in [6, 6.07) is 5.68. The highest BCUT2D eigenvalue weighted by Gasteiger charge is 2.15. The minimum Gasteiger partial charge on any atom is -0.384 e. The molecule has 0 bridgehead atoms. The molecule has 0 saturated heterocycles. The molecule has 0 amide bonds. The quantitative estimate of drug-likeness (QED) is 0.809. The van der Waals surface area contributed by atoms with Crippen LogP contribution in [0.1, 0.15) is 0 Å². The summed E-state index contributed by atoms with van der Waals surface area (Å²) in [4.78, 5) is 3.74. The fourth-order valence-corrected chi connectivity index (χ4v) is 2.17. The van der Waals surface area contributed by atoms with Crippen molar-refractivity contribution >= 4 is 21.7 Å². The van der Waals surface area contributed by atoms with Crippen LogP contribution in [-0.2, 0) is 10.0 Å². The van der Waals surface area contributed by atoms with Gasteiger partial charge in [0.2, 0.25) is 0 Å². The maximum absolute atomic E-state index is 11.9. The number of sulfonamides is 1. The molecule has 88 valence electrons. The second kappa shape index (κ2) is 4.34. The van der Waals surface area contributed by atoms with Crippen LogP contribution in [0.2, 0.25) is 0 Å². The summed E-state index contributed by atoms with van der Waals surface area (Å²) in [5, 5.41) is 7.19. The number of nitrogen functional groups attached to an aromatic ring is 1. The lowest BCUT2D eigenvalue weighted by atomic mass is 10.5. The van der Waals surface area contributed by atoms with Gasteiger partial charge in [0.1, 0.15) is 5.82 Å². The molecule has 8 heteroatoms. The van der Waals surface area contributed by atoms with E-state index in [1.807, 2.05) is 0 Å². The van der Waals surface area contributed by atoms with Gasteiger partial charge in [-0.15, -0.1) is 5.10 Å². The number of anilines is 2. The third-order valence-corrected chi connectivity index (χ3v) is 3.23. The van der Waals surface area contributed by atoms with Gasteiger partial charge in [0.15, 0.2) is 5.82 Å². The van der Waals surface area contributed by atoms with E-state index in [0.29, 0.717) is 0 Å². The molecule has 2 aromatic heterocycles. The Bertz CT molecular complexity index is 614. The van der Waals surface area contributed by atoms with Gasteiger partial charge < -0.3 is 5.73 Å². The number of pyridine rings is 1. The largest absolute Gasteiger partial charge is 0.384 e. The number of aromatic nitrogens is 3. The molecular formula is C9H9N5O2S. The predicted molar refractivity (Wildman–Crippen MR) is 61.5 cm³/mol. The molecule has 0 radical (unpaired) electrons. The molecular weight excluding hydrogens is 242 g/mol. The molecule has 3 N–H and O–H groups in total. The number of hydrogen-bond donors (Lipinski definition) is 2. The minimum atomic E-state index is -3.71. The summed E-state index contributed by atoms with van der Waals surface area (Å²) in [6.07, 6.45) is 2.77. The second-order valence-electron chi connectivity index (χ2n) is 3.13. The van der Waals surface area contributed by atoms with Crippen LogP contribution in [0.5, 0.6) is 0 Å². The number of nitrogens with two attached hydrogens (primary N) is 1. The van der Waals surface area contributed by atoms with Crippen LogP contribution < -0.4 is 10.5 Å². The first-order valence-electron chi connectivity index (χ1n) is 4.60. The first-order valence-corrected chi connectivity index (χ1v) is 6.08. The molecule has 17 heavy (non-hydrogen) atoms. The van der Waals surface area contributed by atoms with Crippen LogP contribution in [0.3, 0.4) is 0 Å². The maximum atomic E-state index is 11.9. The molecule has 0 aliphatic rings. The zero-order valence-electron chi connectivity index (χ0n) is 8.61. The first-order chi connectivity index (χ1) is 8.08. The van der Waals surface area contributed by atoms with Crippen LogP contribution in [0.25, 0.3) is 0 Å². The van der Waals surface area contributed by atoms with Crippen molar-refractivity contribution in [2.75, 3.05) is 10.5 Å². The van der Waals surface area contributed by atoms with Gasteiger partial charge >= 0.3 is 0 Å². The minimum absolute atomic E-state index is 0.0238. The monoisotopic (exact) mass is 251 g/mol. The van der Waals surface area contributed by atoms with Crippen molar-refractivity contribution < 1.29 is 8.42 Å². The van der Waals surface area contributed by atoms with Crippen LogP contribution in [-0.4, -0.2) is 23.6 Å². The summed E-state index contributed by atoms with van der Waals surface area (Å²) in [7, 11) is -3.71. The molecule has 2 rings (SSSR count). The Morgan fingerprint density at radius 2 is 2.06 bits per heavy atom. The van der Waals surface area contributed by atoms with Crippen molar-refractivity contribution in [1.29, 1.82) is 0 Å². The van der Waals surface area contributed by atoms with Crippen molar-refractivity contribution in [1.82, 2.24) is 15.2 Å². The third kappa shape index (κ3) is 2.67. The maximum Gasteiger partial charge on any atom is 0.263 e. The molecule has 0 aliphatic carbocycles. The van der Waals surface area contributed by atoms with Crippen LogP contribution in [0.15, 0.2) is 41.6 Å². The highest BCUT2D eigenvalue weighted by molar-refractivity contribution is 7.92. The highest BCUT2D eigenvalue weighted by Crippen LogP contribution is 2.14. The molecule has 0 fully saturated rings. The summed E-state index contributed by atoms with van der Waals surface area (Å²) in [5.74, 6) is 0.273. The normalized spacial score (nSPS) is 11.1. The van der Waals surface area contributed by atoms with Crippen molar-refractivity contribution in [3.05, 3.63) is 36.7 Å². The van der Waals surface area contributed by atoms with Gasteiger partial charge in [-0.1, -0.05) is 0 Å². The highest BCUT2D eigenvalue weighted by atomic mass is 32.2. The van der Waals surface area contributed by atoms with Crippen LogP contribution >= 0.6 is 0 Å². The van der Waals surface area contributed by atoms with Crippen molar-refractivity contribution in [2.45, 2.75) is 4.90 Å². The fourth-order valence-electron chi connectivity index (χ4n) is 1.15. The van der Waals surface area contributed by atoms with E-state index >= 15 is 0 Å². The Hall–Kier alpha value is -2.22. The zero-order valence-corrected chi connectivity index (χ0v) is 9.42. The van der Waals surface area contributed by atoms with Crippen LogP contribution in [0.4, 0.5) is 11.6 Å². The van der Waals surface area contributed by atoms with Gasteiger partial charge in [0.05, 0.1) is 4.90 Å². The Kier molecular flexibility index (Phi) is 2.88. The number of rotatable bonds is 3. The van der Waals surface area contributed by atoms with Crippen molar-refractivity contribution in [3.63, 3.8) is 0 Å². The van der Waals surface area contributed by atoms with Gasteiger partial charge in [-0.05, 0) is 18.2 Å². The molecule has 0 atom stereocenters. The molecule has 7 nitrogen and oxygen atoms in total. The lowest BCUT2D eigenvalue weighted by molar-refractivity contribution is 0.601. The van der Waals surface area contributed by atoms with Crippen LogP contribution in [0, 0.1) is 0 Å². The van der Waals surface area contributed by atoms with Gasteiger partial charge in [-0.3, -0.25) is 4.72 Å². The number of hydrogen-bond acceptors (Lipinski definition) is 6. The van der Waals surface area contributed by atoms with Gasteiger partial charge in [-0.2, -0.15) is 5.10 Å². The van der Waals surface area contributed by atoms with E-state index in [-0.39, 0.29) is 16.5 Å². The molecule has 0 aliphatic heterocycles. The third-order valence-electron chi connectivity index (χ3n) is 1.87. The summed E-state index contributed by atoms with van der Waals surface area (Å²) >= 11 is 0. The van der Waals surface area contributed by atoms with Gasteiger partial charge in [0, 0.05) is 18.5 Å². The lowest BCUT2D eigenvalue weighted by Crippen LogP contribution is -2.14. The Morgan fingerprint density at radius 3 is 2.71 bits per heavy atom. The Balaban J connectivity index is 2.32. The topological polar surface area (TPSA) is 111 Å². The smallest absolute Gasteiger partial charge is 0.263 e. The fraction of sp³-hybridized carbons (Fsp3) is 0. The Labute approximate surface area is 97.8 Å². The van der Waals surface area contributed by atoms with Crippen molar-refractivity contribution in [3.8, 4) is 0 Å². The molecule has 0 saturated carbocycles. The zero-order chi connectivity index (χ0) is 12.3. The van der Waals surface area contributed by atoms with E-state index in [4.69, 9.17) is 5.73 Å². The van der Waals surface area contributed by atoms with E-state index in [9.17, 15) is 8.42 Å². The van der Waals surface area contributed by atoms with E-state index < -0.39 is 10.0 Å². The van der Waals surface area contributed by atoms with E-state index in [1.165, 1.54) is 30.6 Å². The summed E-state index contributed by atoms with van der Waals surface area (Å²) in [5.41, 5.74) is 5.42. The molecule has 2 heterocycles. The predicted octanol–water partition coefficient (Wildman–Crippen LogP) is 0.255. The average Bonchev–Trinajstić information content (AvgIpc) is 2.30.